The molecule has 0 fully saturated rings. The van der Waals surface area contributed by atoms with E-state index in [1.807, 2.05) is 0 Å². The SMILES string of the molecule is C=CCCCOCc1cccc([N+](=O)[O-])c1F. The predicted octanol–water partition coefficient (Wildman–Crippen LogP) is 3.22. The van der Waals surface area contributed by atoms with Gasteiger partial charge in [0.05, 0.1) is 11.5 Å². The van der Waals surface area contributed by atoms with Crippen molar-refractivity contribution in [3.63, 3.8) is 0 Å². The van der Waals surface area contributed by atoms with Crippen molar-refractivity contribution in [3.05, 3.63) is 52.3 Å². The fraction of sp³-hybridized carbons (Fsp3) is 0.333. The van der Waals surface area contributed by atoms with Crippen molar-refractivity contribution in [2.24, 2.45) is 0 Å². The van der Waals surface area contributed by atoms with Crippen molar-refractivity contribution < 1.29 is 14.1 Å². The van der Waals surface area contributed by atoms with Gasteiger partial charge < -0.3 is 4.74 Å². The van der Waals surface area contributed by atoms with E-state index in [1.54, 1.807) is 6.08 Å². The number of allylic oxidation sites excluding steroid dienone is 1. The molecule has 0 radical (unpaired) electrons. The first-order valence-corrected chi connectivity index (χ1v) is 5.27. The van der Waals surface area contributed by atoms with Crippen molar-refractivity contribution >= 4 is 5.69 Å². The summed E-state index contributed by atoms with van der Waals surface area (Å²) in [5, 5.41) is 10.5. The van der Waals surface area contributed by atoms with Crippen molar-refractivity contribution in [2.75, 3.05) is 6.61 Å². The lowest BCUT2D eigenvalue weighted by molar-refractivity contribution is -0.387. The third kappa shape index (κ3) is 3.96. The molecule has 1 aromatic carbocycles. The lowest BCUT2D eigenvalue weighted by Crippen LogP contribution is -2.01. The Morgan fingerprint density at radius 1 is 1.53 bits per heavy atom. The molecule has 1 aromatic rings. The number of halogens is 1. The summed E-state index contributed by atoms with van der Waals surface area (Å²) in [4.78, 5) is 9.76. The van der Waals surface area contributed by atoms with Crippen molar-refractivity contribution in [2.45, 2.75) is 19.4 Å². The number of nitro benzene ring substituents is 1. The second-order valence-corrected chi connectivity index (χ2v) is 3.49. The molecule has 0 aliphatic rings. The van der Waals surface area contributed by atoms with E-state index in [9.17, 15) is 14.5 Å². The topological polar surface area (TPSA) is 52.4 Å². The second kappa shape index (κ2) is 6.75. The zero-order valence-electron chi connectivity index (χ0n) is 9.39. The predicted molar refractivity (Wildman–Crippen MR) is 62.1 cm³/mol. The molecule has 1 rings (SSSR count). The summed E-state index contributed by atoms with van der Waals surface area (Å²) in [6.45, 7) is 4.10. The third-order valence-electron chi connectivity index (χ3n) is 2.21. The van der Waals surface area contributed by atoms with Crippen LogP contribution in [0.1, 0.15) is 18.4 Å². The number of hydrogen-bond acceptors (Lipinski definition) is 3. The highest BCUT2D eigenvalue weighted by molar-refractivity contribution is 5.36. The van der Waals surface area contributed by atoms with Crippen LogP contribution in [0.5, 0.6) is 0 Å². The fourth-order valence-corrected chi connectivity index (χ4v) is 1.33. The molecule has 5 heteroatoms. The molecule has 0 aliphatic carbocycles. The van der Waals surface area contributed by atoms with E-state index in [0.717, 1.165) is 18.9 Å². The maximum Gasteiger partial charge on any atom is 0.305 e. The zero-order chi connectivity index (χ0) is 12.7. The Morgan fingerprint density at radius 2 is 2.29 bits per heavy atom. The van der Waals surface area contributed by atoms with Gasteiger partial charge in [-0.05, 0) is 12.8 Å². The maximum absolute atomic E-state index is 13.6. The van der Waals surface area contributed by atoms with Gasteiger partial charge in [-0.2, -0.15) is 4.39 Å². The van der Waals surface area contributed by atoms with Crippen LogP contribution in [0.3, 0.4) is 0 Å². The summed E-state index contributed by atoms with van der Waals surface area (Å²) in [5.41, 5.74) is -0.310. The zero-order valence-corrected chi connectivity index (χ0v) is 9.39. The van der Waals surface area contributed by atoms with Gasteiger partial charge in [-0.25, -0.2) is 0 Å². The lowest BCUT2D eigenvalue weighted by Gasteiger charge is -2.04. The molecule has 0 aromatic heterocycles. The van der Waals surface area contributed by atoms with E-state index < -0.39 is 16.4 Å². The van der Waals surface area contributed by atoms with Crippen LogP contribution in [0.15, 0.2) is 30.9 Å². The van der Waals surface area contributed by atoms with Crippen molar-refractivity contribution in [3.8, 4) is 0 Å². The molecular weight excluding hydrogens is 225 g/mol. The third-order valence-corrected chi connectivity index (χ3v) is 2.21. The normalized spacial score (nSPS) is 10.2. The number of ether oxygens (including phenoxy) is 1. The van der Waals surface area contributed by atoms with Crippen LogP contribution in [-0.2, 0) is 11.3 Å². The van der Waals surface area contributed by atoms with E-state index in [4.69, 9.17) is 4.74 Å². The molecule has 0 saturated heterocycles. The number of rotatable bonds is 7. The molecule has 17 heavy (non-hydrogen) atoms. The fourth-order valence-electron chi connectivity index (χ4n) is 1.33. The quantitative estimate of drug-likeness (QED) is 0.318. The first-order chi connectivity index (χ1) is 8.16. The van der Waals surface area contributed by atoms with Gasteiger partial charge in [0.1, 0.15) is 0 Å². The van der Waals surface area contributed by atoms with Gasteiger partial charge in [0.2, 0.25) is 5.82 Å². The van der Waals surface area contributed by atoms with Crippen LogP contribution in [-0.4, -0.2) is 11.5 Å². The molecule has 0 aliphatic heterocycles. The first kappa shape index (κ1) is 13.3. The molecule has 0 heterocycles. The van der Waals surface area contributed by atoms with Crippen molar-refractivity contribution in [1.82, 2.24) is 0 Å². The summed E-state index contributed by atoms with van der Waals surface area (Å²) in [7, 11) is 0. The Kier molecular flexibility index (Phi) is 5.29. The summed E-state index contributed by atoms with van der Waals surface area (Å²) < 4.78 is 18.8. The van der Waals surface area contributed by atoms with Crippen LogP contribution in [0, 0.1) is 15.9 Å². The minimum Gasteiger partial charge on any atom is -0.377 e. The molecule has 0 spiro atoms. The molecular formula is C12H14FNO3. The molecule has 92 valence electrons. The Hall–Kier alpha value is -1.75. The highest BCUT2D eigenvalue weighted by Crippen LogP contribution is 2.20. The van der Waals surface area contributed by atoms with Crippen LogP contribution in [0.4, 0.5) is 10.1 Å². The minimum atomic E-state index is -0.818. The summed E-state index contributed by atoms with van der Waals surface area (Å²) in [6.07, 6.45) is 3.41. The first-order valence-electron chi connectivity index (χ1n) is 5.27. The molecule has 0 N–H and O–H groups in total. The Morgan fingerprint density at radius 3 is 2.94 bits per heavy atom. The van der Waals surface area contributed by atoms with Crippen LogP contribution in [0.25, 0.3) is 0 Å². The average Bonchev–Trinajstić information content (AvgIpc) is 2.30. The van der Waals surface area contributed by atoms with Gasteiger partial charge in [0, 0.05) is 18.2 Å². The summed E-state index contributed by atoms with van der Waals surface area (Å²) >= 11 is 0. The molecule has 0 atom stereocenters. The Bertz CT molecular complexity index is 407. The highest BCUT2D eigenvalue weighted by Gasteiger charge is 2.16. The molecule has 0 saturated carbocycles. The van der Waals surface area contributed by atoms with Gasteiger partial charge in [-0.3, -0.25) is 10.1 Å². The molecule has 4 nitrogen and oxygen atoms in total. The summed E-state index contributed by atoms with van der Waals surface area (Å²) in [5.74, 6) is -0.818. The second-order valence-electron chi connectivity index (χ2n) is 3.49. The lowest BCUT2D eigenvalue weighted by atomic mass is 10.2. The maximum atomic E-state index is 13.6. The Labute approximate surface area is 98.9 Å². The smallest absolute Gasteiger partial charge is 0.305 e. The van der Waals surface area contributed by atoms with Gasteiger partial charge in [0.25, 0.3) is 0 Å². The van der Waals surface area contributed by atoms with Crippen LogP contribution < -0.4 is 0 Å². The number of nitrogens with zero attached hydrogens (tertiary/aromatic N) is 1. The van der Waals surface area contributed by atoms with Crippen LogP contribution in [0.2, 0.25) is 0 Å². The molecule has 0 bridgehead atoms. The number of benzene rings is 1. The summed E-state index contributed by atoms with van der Waals surface area (Å²) in [6, 6.07) is 4.07. The standard InChI is InChI=1S/C12H14FNO3/c1-2-3-4-8-17-9-10-6-5-7-11(12(10)13)14(15)16/h2,5-7H,1,3-4,8-9H2. The van der Waals surface area contributed by atoms with Gasteiger partial charge >= 0.3 is 5.69 Å². The van der Waals surface area contributed by atoms with E-state index in [0.29, 0.717) is 6.61 Å². The van der Waals surface area contributed by atoms with Gasteiger partial charge in [0.15, 0.2) is 0 Å². The number of unbranched alkanes of at least 4 members (excludes halogenated alkanes) is 1. The molecule has 0 amide bonds. The number of hydrogen-bond donors (Lipinski definition) is 0. The average molecular weight is 239 g/mol. The van der Waals surface area contributed by atoms with E-state index in [1.165, 1.54) is 12.1 Å². The van der Waals surface area contributed by atoms with Crippen LogP contribution >= 0.6 is 0 Å². The minimum absolute atomic E-state index is 0.0463. The van der Waals surface area contributed by atoms with E-state index >= 15 is 0 Å². The van der Waals surface area contributed by atoms with Crippen molar-refractivity contribution in [1.29, 1.82) is 0 Å². The molecule has 0 unspecified atom stereocenters. The van der Waals surface area contributed by atoms with E-state index in [-0.39, 0.29) is 12.2 Å². The Balaban J connectivity index is 2.56. The largest absolute Gasteiger partial charge is 0.377 e. The van der Waals surface area contributed by atoms with E-state index in [2.05, 4.69) is 6.58 Å². The monoisotopic (exact) mass is 239 g/mol. The highest BCUT2D eigenvalue weighted by atomic mass is 19.1. The van der Waals surface area contributed by atoms with Gasteiger partial charge in [-0.1, -0.05) is 18.2 Å². The van der Waals surface area contributed by atoms with Gasteiger partial charge in [-0.15, -0.1) is 6.58 Å². The number of nitro groups is 1.